The van der Waals surface area contributed by atoms with E-state index in [1.54, 1.807) is 0 Å². The fourth-order valence-corrected chi connectivity index (χ4v) is 0.441. The Morgan fingerprint density at radius 3 is 2.56 bits per heavy atom. The highest BCUT2D eigenvalue weighted by atomic mass is 15.3. The molecule has 0 radical (unpaired) electrons. The van der Waals surface area contributed by atoms with E-state index in [4.69, 9.17) is 11.1 Å². The summed E-state index contributed by atoms with van der Waals surface area (Å²) in [6.45, 7) is 3.93. The predicted octanol–water partition coefficient (Wildman–Crippen LogP) is 0.532. The quantitative estimate of drug-likeness (QED) is 0.429. The lowest BCUT2D eigenvalue weighted by Gasteiger charge is -2.21. The van der Waals surface area contributed by atoms with Gasteiger partial charge in [-0.15, -0.1) is 0 Å². The summed E-state index contributed by atoms with van der Waals surface area (Å²) in [6.07, 6.45) is 1.34. The van der Waals surface area contributed by atoms with Gasteiger partial charge < -0.3 is 0 Å². The molecule has 3 nitrogen and oxygen atoms in total. The highest BCUT2D eigenvalue weighted by molar-refractivity contribution is 4.80. The summed E-state index contributed by atoms with van der Waals surface area (Å²) in [4.78, 5) is 0. The van der Waals surface area contributed by atoms with E-state index < -0.39 is 0 Å². The van der Waals surface area contributed by atoms with E-state index in [0.29, 0.717) is 6.42 Å². The van der Waals surface area contributed by atoms with Crippen LogP contribution in [0.2, 0.25) is 0 Å². The molecule has 0 aliphatic heterocycles. The molecule has 0 aromatic rings. The van der Waals surface area contributed by atoms with Gasteiger partial charge in [-0.1, -0.05) is 0 Å². The summed E-state index contributed by atoms with van der Waals surface area (Å²) in [7, 11) is 0. The Hall–Kier alpha value is -0.590. The first-order valence-electron chi connectivity index (χ1n) is 2.97. The zero-order chi connectivity index (χ0) is 7.33. The van der Waals surface area contributed by atoms with E-state index in [1.165, 1.54) is 0 Å². The number of nitrogens with one attached hydrogen (secondary N) is 1. The van der Waals surface area contributed by atoms with Crippen molar-refractivity contribution >= 4 is 0 Å². The van der Waals surface area contributed by atoms with Gasteiger partial charge in [0.2, 0.25) is 0 Å². The number of nitriles is 1. The van der Waals surface area contributed by atoms with Gasteiger partial charge in [-0.05, 0) is 20.3 Å². The molecule has 0 aromatic carbocycles. The monoisotopic (exact) mass is 127 g/mol. The maximum Gasteiger partial charge on any atom is 0.0622 e. The number of nitrogens with zero attached hydrogens (tertiary/aromatic N) is 1. The summed E-state index contributed by atoms with van der Waals surface area (Å²) >= 11 is 0. The molecule has 3 heteroatoms. The van der Waals surface area contributed by atoms with Crippen LogP contribution < -0.4 is 11.3 Å². The van der Waals surface area contributed by atoms with Crippen LogP contribution in [0.5, 0.6) is 0 Å². The van der Waals surface area contributed by atoms with Crippen LogP contribution >= 0.6 is 0 Å². The standard InChI is InChI=1S/C6H13N3/c1-6(2,9-8)4-3-5-7/h9H,3-4,8H2,1-2H3. The van der Waals surface area contributed by atoms with Crippen LogP contribution in [0.4, 0.5) is 0 Å². The third-order valence-electron chi connectivity index (χ3n) is 1.25. The molecule has 9 heavy (non-hydrogen) atoms. The third-order valence-corrected chi connectivity index (χ3v) is 1.25. The molecular formula is C6H13N3. The second kappa shape index (κ2) is 3.44. The topological polar surface area (TPSA) is 61.8 Å². The van der Waals surface area contributed by atoms with Gasteiger partial charge in [-0.3, -0.25) is 11.3 Å². The van der Waals surface area contributed by atoms with Crippen molar-refractivity contribution in [3.8, 4) is 6.07 Å². The molecule has 0 unspecified atom stereocenters. The van der Waals surface area contributed by atoms with Gasteiger partial charge in [0.25, 0.3) is 0 Å². The molecule has 0 aliphatic rings. The zero-order valence-electron chi connectivity index (χ0n) is 5.94. The van der Waals surface area contributed by atoms with Gasteiger partial charge in [-0.2, -0.15) is 5.26 Å². The average Bonchev–Trinajstić information content (AvgIpc) is 1.84. The molecule has 3 N–H and O–H groups in total. The first-order chi connectivity index (χ1) is 4.12. The molecular weight excluding hydrogens is 114 g/mol. The van der Waals surface area contributed by atoms with E-state index in [2.05, 4.69) is 11.5 Å². The first kappa shape index (κ1) is 8.41. The Bertz CT molecular complexity index is 112. The van der Waals surface area contributed by atoms with Crippen molar-refractivity contribution in [2.45, 2.75) is 32.2 Å². The fourth-order valence-electron chi connectivity index (χ4n) is 0.441. The molecule has 0 aromatic heterocycles. The molecule has 0 saturated carbocycles. The van der Waals surface area contributed by atoms with Crippen molar-refractivity contribution in [2.75, 3.05) is 0 Å². The molecule has 0 amide bonds. The Morgan fingerprint density at radius 1 is 1.67 bits per heavy atom. The van der Waals surface area contributed by atoms with Gasteiger partial charge in [0.15, 0.2) is 0 Å². The van der Waals surface area contributed by atoms with Crippen LogP contribution in [-0.2, 0) is 0 Å². The minimum absolute atomic E-state index is 0.101. The number of hydrogen-bond acceptors (Lipinski definition) is 3. The van der Waals surface area contributed by atoms with Crippen LogP contribution in [0.1, 0.15) is 26.7 Å². The molecule has 0 spiro atoms. The maximum absolute atomic E-state index is 8.21. The molecule has 52 valence electrons. The molecule has 0 fully saturated rings. The minimum Gasteiger partial charge on any atom is -0.271 e. The van der Waals surface area contributed by atoms with Crippen LogP contribution in [0, 0.1) is 11.3 Å². The number of hydrogen-bond donors (Lipinski definition) is 2. The molecule has 0 bridgehead atoms. The summed E-state index contributed by atoms with van der Waals surface area (Å²) in [6, 6.07) is 2.06. The van der Waals surface area contributed by atoms with Crippen LogP contribution in [-0.4, -0.2) is 5.54 Å². The van der Waals surface area contributed by atoms with Crippen molar-refractivity contribution in [3.05, 3.63) is 0 Å². The SMILES string of the molecule is CC(C)(CCC#N)NN. The second-order valence-corrected chi connectivity index (χ2v) is 2.69. The van der Waals surface area contributed by atoms with Gasteiger partial charge in [0.05, 0.1) is 6.07 Å². The van der Waals surface area contributed by atoms with E-state index in [9.17, 15) is 0 Å². The van der Waals surface area contributed by atoms with Crippen LogP contribution in [0.3, 0.4) is 0 Å². The lowest BCUT2D eigenvalue weighted by atomic mass is 10.0. The third kappa shape index (κ3) is 3.95. The molecule has 0 heterocycles. The number of nitrogens with two attached hydrogens (primary N) is 1. The van der Waals surface area contributed by atoms with Crippen molar-refractivity contribution in [1.82, 2.24) is 5.43 Å². The van der Waals surface area contributed by atoms with Crippen LogP contribution in [0.25, 0.3) is 0 Å². The summed E-state index contributed by atoms with van der Waals surface area (Å²) in [5.41, 5.74) is 2.52. The van der Waals surface area contributed by atoms with Crippen molar-refractivity contribution in [3.63, 3.8) is 0 Å². The minimum atomic E-state index is -0.101. The molecule has 0 rings (SSSR count). The highest BCUT2D eigenvalue weighted by Crippen LogP contribution is 2.07. The molecule has 0 atom stereocenters. The summed E-state index contributed by atoms with van der Waals surface area (Å²) in [5, 5.41) is 8.21. The van der Waals surface area contributed by atoms with Gasteiger partial charge in [0, 0.05) is 12.0 Å². The van der Waals surface area contributed by atoms with Gasteiger partial charge in [-0.25, -0.2) is 0 Å². The van der Waals surface area contributed by atoms with Gasteiger partial charge in [0.1, 0.15) is 0 Å². The normalized spacial score (nSPS) is 10.9. The smallest absolute Gasteiger partial charge is 0.0622 e. The first-order valence-corrected chi connectivity index (χ1v) is 2.97. The summed E-state index contributed by atoms with van der Waals surface area (Å²) in [5.74, 6) is 5.19. The molecule has 0 saturated heterocycles. The van der Waals surface area contributed by atoms with E-state index in [-0.39, 0.29) is 5.54 Å². The van der Waals surface area contributed by atoms with Crippen molar-refractivity contribution in [1.29, 1.82) is 5.26 Å². The Kier molecular flexibility index (Phi) is 3.21. The Labute approximate surface area is 55.8 Å². The average molecular weight is 127 g/mol. The van der Waals surface area contributed by atoms with Crippen molar-refractivity contribution in [2.24, 2.45) is 5.84 Å². The molecule has 0 aliphatic carbocycles. The summed E-state index contributed by atoms with van der Waals surface area (Å²) < 4.78 is 0. The van der Waals surface area contributed by atoms with Crippen LogP contribution in [0.15, 0.2) is 0 Å². The number of hydrazine groups is 1. The van der Waals surface area contributed by atoms with E-state index in [1.807, 2.05) is 13.8 Å². The Balaban J connectivity index is 3.48. The van der Waals surface area contributed by atoms with Gasteiger partial charge >= 0.3 is 0 Å². The lowest BCUT2D eigenvalue weighted by Crippen LogP contribution is -2.43. The van der Waals surface area contributed by atoms with E-state index >= 15 is 0 Å². The highest BCUT2D eigenvalue weighted by Gasteiger charge is 2.13. The second-order valence-electron chi connectivity index (χ2n) is 2.69. The van der Waals surface area contributed by atoms with E-state index in [0.717, 1.165) is 6.42 Å². The Morgan fingerprint density at radius 2 is 2.22 bits per heavy atom. The number of rotatable bonds is 3. The predicted molar refractivity (Wildman–Crippen MR) is 36.2 cm³/mol. The maximum atomic E-state index is 8.21. The van der Waals surface area contributed by atoms with Crippen molar-refractivity contribution < 1.29 is 0 Å². The zero-order valence-corrected chi connectivity index (χ0v) is 5.94. The fraction of sp³-hybridized carbons (Fsp3) is 0.833. The lowest BCUT2D eigenvalue weighted by molar-refractivity contribution is 0.374. The largest absolute Gasteiger partial charge is 0.271 e.